The molecule has 424 valence electrons. The summed E-state index contributed by atoms with van der Waals surface area (Å²) in [5.41, 5.74) is 0. The number of rotatable bonds is 36. The van der Waals surface area contributed by atoms with Gasteiger partial charge in [-0.2, -0.15) is 10.2 Å². The highest BCUT2D eigenvalue weighted by molar-refractivity contribution is 8.18. The lowest BCUT2D eigenvalue weighted by Crippen LogP contribution is -2.20. The molecule has 6 rings (SSSR count). The van der Waals surface area contributed by atoms with E-state index in [1.807, 2.05) is 23.5 Å². The number of unbranched alkanes of at least 4 members (excludes halogenated alkanes) is 2. The van der Waals surface area contributed by atoms with Crippen LogP contribution in [-0.2, 0) is 19.2 Å². The molecule has 0 saturated heterocycles. The molecule has 6 aromatic heterocycles. The van der Waals surface area contributed by atoms with Crippen LogP contribution in [0, 0.1) is 19.7 Å². The predicted molar refractivity (Wildman–Crippen MR) is 331 cm³/mol. The largest absolute Gasteiger partial charge is 0.481 e. The van der Waals surface area contributed by atoms with Gasteiger partial charge in [0.2, 0.25) is 0 Å². The maximum absolute atomic E-state index is 11.1. The minimum atomic E-state index is -1.24. The van der Waals surface area contributed by atoms with Crippen LogP contribution in [0.1, 0.15) is 91.9 Å². The number of aliphatic carboxylic acids is 4. The molecule has 0 aromatic carbocycles. The van der Waals surface area contributed by atoms with Crippen LogP contribution in [0.25, 0.3) is 0 Å². The first kappa shape index (κ1) is 68.7. The highest BCUT2D eigenvalue weighted by Crippen LogP contribution is 2.39. The molecule has 0 saturated carbocycles. The van der Waals surface area contributed by atoms with Crippen molar-refractivity contribution in [2.75, 3.05) is 26.8 Å². The van der Waals surface area contributed by atoms with Crippen LogP contribution in [0.4, 0.5) is 0 Å². The minimum Gasteiger partial charge on any atom is -0.481 e. The molecule has 77 heavy (non-hydrogen) atoms. The number of carboxylic acid groups (broad SMARTS) is 4. The fourth-order valence-corrected chi connectivity index (χ4v) is 23.9. The quantitative estimate of drug-likeness (QED) is 0.0121. The summed E-state index contributed by atoms with van der Waals surface area (Å²) in [6.45, 7) is 9.13. The summed E-state index contributed by atoms with van der Waals surface area (Å²) in [7, 11) is 0. The number of hydrogen-bond donors (Lipinski definition) is 6. The number of H-pyrrole nitrogens is 2. The molecule has 38 heteroatoms. The monoisotopic (exact) mass is 1390 g/mol. The average molecular weight is 1390 g/mol. The van der Waals surface area contributed by atoms with Crippen LogP contribution in [-0.4, -0.2) is 143 Å². The summed E-state index contributed by atoms with van der Waals surface area (Å²) in [5, 5.41) is 82.2. The van der Waals surface area contributed by atoms with E-state index in [2.05, 4.69) is 88.9 Å². The topological polar surface area (TPSA) is 310 Å². The zero-order valence-corrected chi connectivity index (χ0v) is 55.9. The maximum Gasteiger partial charge on any atom is 0.317 e. The van der Waals surface area contributed by atoms with Crippen LogP contribution in [0.3, 0.4) is 0 Å². The van der Waals surface area contributed by atoms with E-state index in [1.54, 1.807) is 69.7 Å². The van der Waals surface area contributed by atoms with Crippen LogP contribution in [0.2, 0.25) is 0 Å². The molecule has 4 atom stereocenters. The van der Waals surface area contributed by atoms with Crippen molar-refractivity contribution in [3.8, 4) is 0 Å². The molecule has 6 aromatic rings. The summed E-state index contributed by atoms with van der Waals surface area (Å²) in [5.74, 6) is -1.02. The third-order valence-electron chi connectivity index (χ3n) is 9.21. The smallest absolute Gasteiger partial charge is 0.317 e. The van der Waals surface area contributed by atoms with Crippen LogP contribution >= 0.6 is 210 Å². The number of nitrogens with one attached hydrogen (secondary N) is 2. The van der Waals surface area contributed by atoms with Crippen molar-refractivity contribution in [1.29, 1.82) is 0 Å². The van der Waals surface area contributed by atoms with Gasteiger partial charge in [-0.3, -0.25) is 29.4 Å². The highest BCUT2D eigenvalue weighted by atomic mass is 32.3. The SMILES string of the molecule is CCCCC(CC)CSc1nnc(SCSc2nnc(SCC(CC)CCCC)s2)s1.O=C(O)CC(Sc1nnc(SCSc2nnc(SC(CC(=O)O)C(=O)O)s2)s1)C(=O)O.S=c1[nH]nc(SCSc2n[nH]c(=S)s2)s1. The van der Waals surface area contributed by atoms with Gasteiger partial charge in [0.05, 0.1) is 28.1 Å². The van der Waals surface area contributed by atoms with Gasteiger partial charge in [-0.15, -0.1) is 40.8 Å². The molecule has 0 fully saturated rings. The molecule has 6 heterocycles. The number of carboxylic acids is 4. The molecular weight excluding hydrogens is 1340 g/mol. The molecule has 0 radical (unpaired) electrons. The Morgan fingerprint density at radius 1 is 0.455 bits per heavy atom. The number of carbonyl (C=O) groups is 4. The van der Waals surface area contributed by atoms with Gasteiger partial charge in [0.1, 0.15) is 10.5 Å². The summed E-state index contributed by atoms with van der Waals surface area (Å²) in [6.07, 6.45) is 9.32. The van der Waals surface area contributed by atoms with E-state index in [4.69, 9.17) is 44.9 Å². The van der Waals surface area contributed by atoms with Crippen molar-refractivity contribution in [2.45, 2.75) is 146 Å². The van der Waals surface area contributed by atoms with Crippen molar-refractivity contribution in [3.05, 3.63) is 7.91 Å². The molecule has 0 spiro atoms. The van der Waals surface area contributed by atoms with Gasteiger partial charge in [0.25, 0.3) is 0 Å². The molecule has 0 aliphatic rings. The van der Waals surface area contributed by atoms with E-state index >= 15 is 0 Å². The van der Waals surface area contributed by atoms with Crippen molar-refractivity contribution in [1.82, 2.24) is 61.2 Å². The van der Waals surface area contributed by atoms with E-state index in [9.17, 15) is 19.2 Å². The highest BCUT2D eigenvalue weighted by Gasteiger charge is 2.26. The second-order valence-corrected chi connectivity index (χ2v) is 36.0. The Hall–Kier alpha value is -0.820. The normalized spacial score (nSPS) is 12.7. The van der Waals surface area contributed by atoms with Crippen molar-refractivity contribution >= 4 is 234 Å². The standard InChI is InChI=1S/C21H36N4S6.C13H12N4O8S6.C5H4N4S6/c1-5-9-11-16(7-3)13-26-18-22-24-20(30-18)28-15-29-21-25-23-19(31-21)27-14-17(8-4)12-10-6-2;18-6(19)1-4(8(22)23)28-12-16-14-10(30-12)26-3-27-11-15-17-13(31-11)29-5(9(24)25)2-7(20)21;10-2-6-8-4(14-2)12-1-13-5-9-7-3(11)15-5/h16-17H,5-15H2,1-4H3;4-5H,1-3H2,(H,18,19)(H,20,21)(H,22,23)(H,24,25);1H2,(H,6,10)(H,7,11). The van der Waals surface area contributed by atoms with Crippen LogP contribution < -0.4 is 0 Å². The van der Waals surface area contributed by atoms with E-state index in [0.717, 1.165) is 106 Å². The Labute approximate surface area is 521 Å². The summed E-state index contributed by atoms with van der Waals surface area (Å²) in [4.78, 5) is 43.7. The number of aromatic nitrogens is 12. The summed E-state index contributed by atoms with van der Waals surface area (Å²) < 4.78 is 9.42. The third kappa shape index (κ3) is 29.3. The van der Waals surface area contributed by atoms with E-state index in [0.29, 0.717) is 30.4 Å². The zero-order valence-electron chi connectivity index (χ0n) is 41.2. The van der Waals surface area contributed by atoms with Gasteiger partial charge in [0, 0.05) is 11.5 Å². The van der Waals surface area contributed by atoms with Crippen molar-refractivity contribution in [3.63, 3.8) is 0 Å². The van der Waals surface area contributed by atoms with Crippen molar-refractivity contribution < 1.29 is 39.6 Å². The van der Waals surface area contributed by atoms with E-state index < -0.39 is 47.2 Å². The first-order chi connectivity index (χ1) is 37.0. The molecule has 6 N–H and O–H groups in total. The fourth-order valence-electron chi connectivity index (χ4n) is 5.27. The number of aromatic amines is 2. The van der Waals surface area contributed by atoms with Crippen molar-refractivity contribution in [2.24, 2.45) is 11.8 Å². The van der Waals surface area contributed by atoms with E-state index in [-0.39, 0.29) is 0 Å². The Bertz CT molecular complexity index is 2600. The molecule has 0 amide bonds. The Balaban J connectivity index is 0.000000264. The zero-order chi connectivity index (χ0) is 56.0. The van der Waals surface area contributed by atoms with Crippen LogP contribution in [0.5, 0.6) is 0 Å². The van der Waals surface area contributed by atoms with Gasteiger partial charge in [0.15, 0.2) is 51.3 Å². The van der Waals surface area contributed by atoms with Gasteiger partial charge < -0.3 is 20.4 Å². The number of nitrogens with zero attached hydrogens (tertiary/aromatic N) is 10. The molecule has 0 aliphatic heterocycles. The van der Waals surface area contributed by atoms with Gasteiger partial charge >= 0.3 is 23.9 Å². The lowest BCUT2D eigenvalue weighted by molar-refractivity contribution is -0.142. The molecular formula is C39H52N12O8S18. The first-order valence-electron chi connectivity index (χ1n) is 22.8. The number of hydrogen-bond acceptors (Lipinski definition) is 32. The van der Waals surface area contributed by atoms with Gasteiger partial charge in [-0.25, -0.2) is 0 Å². The number of thioether (sulfide) groups is 10. The Kier molecular flexibility index (Phi) is 35.3. The lowest BCUT2D eigenvalue weighted by atomic mass is 10.0. The first-order valence-corrected chi connectivity index (χ1v) is 38.1. The molecule has 0 aliphatic carbocycles. The van der Waals surface area contributed by atoms with Gasteiger partial charge in [-0.05, 0) is 49.1 Å². The minimum absolute atomic E-state index is 0.342. The average Bonchev–Trinajstić information content (AvgIpc) is 4.28. The summed E-state index contributed by atoms with van der Waals surface area (Å²) in [6, 6.07) is 0. The predicted octanol–water partition coefficient (Wildman–Crippen LogP) is 14.7. The third-order valence-corrected chi connectivity index (χ3v) is 27.6. The van der Waals surface area contributed by atoms with Crippen LogP contribution in [0.15, 0.2) is 43.4 Å². The summed E-state index contributed by atoms with van der Waals surface area (Å²) >= 11 is 33.4. The Morgan fingerprint density at radius 2 is 0.753 bits per heavy atom. The maximum atomic E-state index is 11.1. The molecule has 4 unspecified atom stereocenters. The second kappa shape index (κ2) is 39.6. The Morgan fingerprint density at radius 3 is 1.03 bits per heavy atom. The second-order valence-electron chi connectivity index (χ2n) is 14.9. The lowest BCUT2D eigenvalue weighted by Gasteiger charge is -2.12. The van der Waals surface area contributed by atoms with E-state index in [1.165, 1.54) is 97.6 Å². The molecule has 0 bridgehead atoms. The molecule has 20 nitrogen and oxygen atoms in total. The fraction of sp³-hybridized carbons (Fsp3) is 0.590. The van der Waals surface area contributed by atoms with Gasteiger partial charge in [-0.1, -0.05) is 252 Å².